The predicted molar refractivity (Wildman–Crippen MR) is 75.3 cm³/mol. The van der Waals surface area contributed by atoms with Crippen LogP contribution in [0.25, 0.3) is 0 Å². The van der Waals surface area contributed by atoms with Gasteiger partial charge in [-0.1, -0.05) is 26.0 Å². The lowest BCUT2D eigenvalue weighted by Gasteiger charge is -2.12. The van der Waals surface area contributed by atoms with Gasteiger partial charge >= 0.3 is 0 Å². The second kappa shape index (κ2) is 6.61. The molecule has 0 radical (unpaired) electrons. The van der Waals surface area contributed by atoms with Crippen LogP contribution in [0.5, 0.6) is 0 Å². The first-order chi connectivity index (χ1) is 8.55. The molecular formula is C15H20O2S. The fourth-order valence-corrected chi connectivity index (χ4v) is 3.30. The third-order valence-electron chi connectivity index (χ3n) is 3.04. The lowest BCUT2D eigenvalue weighted by molar-refractivity contribution is 0.594. The molecule has 1 unspecified atom stereocenters. The molecule has 0 amide bonds. The molecule has 98 valence electrons. The lowest BCUT2D eigenvalue weighted by atomic mass is 9.94. The van der Waals surface area contributed by atoms with Crippen LogP contribution < -0.4 is 0 Å². The Morgan fingerprint density at radius 3 is 2.28 bits per heavy atom. The molecule has 0 bridgehead atoms. The number of sulfone groups is 1. The van der Waals surface area contributed by atoms with Gasteiger partial charge in [-0.2, -0.15) is 0 Å². The van der Waals surface area contributed by atoms with Crippen molar-refractivity contribution in [1.82, 2.24) is 0 Å². The Bertz CT molecular complexity index is 506. The fourth-order valence-electron chi connectivity index (χ4n) is 1.97. The monoisotopic (exact) mass is 264 g/mol. The zero-order valence-electron chi connectivity index (χ0n) is 11.0. The normalized spacial score (nSPS) is 12.9. The minimum Gasteiger partial charge on any atom is -0.224 e. The third kappa shape index (κ3) is 3.61. The van der Waals surface area contributed by atoms with Gasteiger partial charge in [-0.05, 0) is 36.5 Å². The van der Waals surface area contributed by atoms with Gasteiger partial charge in [0.1, 0.15) is 0 Å². The van der Waals surface area contributed by atoms with Gasteiger partial charge in [-0.15, -0.1) is 12.3 Å². The van der Waals surface area contributed by atoms with Crippen LogP contribution in [-0.2, 0) is 9.84 Å². The van der Waals surface area contributed by atoms with E-state index in [9.17, 15) is 8.42 Å². The predicted octanol–water partition coefficient (Wildman–Crippen LogP) is 3.39. The molecular weight excluding hydrogens is 244 g/mol. The van der Waals surface area contributed by atoms with Crippen molar-refractivity contribution in [3.05, 3.63) is 29.8 Å². The van der Waals surface area contributed by atoms with Crippen molar-refractivity contribution >= 4 is 9.84 Å². The number of hydrogen-bond donors (Lipinski definition) is 0. The first-order valence-electron chi connectivity index (χ1n) is 6.31. The van der Waals surface area contributed by atoms with Crippen LogP contribution in [0.1, 0.15) is 44.6 Å². The molecule has 0 heterocycles. The van der Waals surface area contributed by atoms with Gasteiger partial charge in [-0.3, -0.25) is 0 Å². The maximum absolute atomic E-state index is 11.9. The van der Waals surface area contributed by atoms with Crippen LogP contribution >= 0.6 is 0 Å². The molecule has 0 saturated heterocycles. The number of rotatable bonds is 6. The van der Waals surface area contributed by atoms with E-state index in [1.54, 1.807) is 12.1 Å². The molecule has 0 fully saturated rings. The van der Waals surface area contributed by atoms with Gasteiger partial charge in [0.2, 0.25) is 0 Å². The van der Waals surface area contributed by atoms with E-state index in [1.807, 2.05) is 19.1 Å². The smallest absolute Gasteiger partial charge is 0.178 e. The van der Waals surface area contributed by atoms with Crippen molar-refractivity contribution in [3.8, 4) is 12.3 Å². The Kier molecular flexibility index (Phi) is 5.43. The molecule has 18 heavy (non-hydrogen) atoms. The standard InChI is InChI=1S/C15H20O2S/c1-4-7-13(6-3)14-8-10-15(11-9-14)18(16,17)12-5-2/h1,8-11,13H,5-7,12H2,2-3H3. The number of benzene rings is 1. The molecule has 0 aromatic heterocycles. The van der Waals surface area contributed by atoms with Gasteiger partial charge in [0.15, 0.2) is 9.84 Å². The van der Waals surface area contributed by atoms with Crippen molar-refractivity contribution in [2.75, 3.05) is 5.75 Å². The van der Waals surface area contributed by atoms with Crippen molar-refractivity contribution in [1.29, 1.82) is 0 Å². The maximum atomic E-state index is 11.9. The summed E-state index contributed by atoms with van der Waals surface area (Å²) >= 11 is 0. The zero-order chi connectivity index (χ0) is 13.6. The van der Waals surface area contributed by atoms with E-state index in [4.69, 9.17) is 6.42 Å². The second-order valence-electron chi connectivity index (χ2n) is 4.40. The molecule has 0 saturated carbocycles. The minimum absolute atomic E-state index is 0.202. The Balaban J connectivity index is 2.96. The SMILES string of the molecule is C#CCC(CC)c1ccc(S(=O)(=O)CCC)cc1. The topological polar surface area (TPSA) is 34.1 Å². The van der Waals surface area contributed by atoms with Crippen molar-refractivity contribution < 1.29 is 8.42 Å². The van der Waals surface area contributed by atoms with E-state index >= 15 is 0 Å². The molecule has 1 aromatic carbocycles. The third-order valence-corrected chi connectivity index (χ3v) is 4.98. The van der Waals surface area contributed by atoms with Crippen LogP contribution in [0.3, 0.4) is 0 Å². The van der Waals surface area contributed by atoms with E-state index < -0.39 is 9.84 Å². The zero-order valence-corrected chi connectivity index (χ0v) is 11.8. The summed E-state index contributed by atoms with van der Waals surface area (Å²) in [5.41, 5.74) is 1.12. The molecule has 0 aliphatic heterocycles. The van der Waals surface area contributed by atoms with Gasteiger partial charge < -0.3 is 0 Å². The molecule has 0 spiro atoms. The average Bonchev–Trinajstić information content (AvgIpc) is 2.36. The van der Waals surface area contributed by atoms with Crippen LogP contribution in [0.4, 0.5) is 0 Å². The van der Waals surface area contributed by atoms with E-state index in [0.717, 1.165) is 12.0 Å². The lowest BCUT2D eigenvalue weighted by Crippen LogP contribution is -2.06. The summed E-state index contributed by atoms with van der Waals surface area (Å²) in [4.78, 5) is 0.406. The highest BCUT2D eigenvalue weighted by molar-refractivity contribution is 7.91. The number of terminal acetylenes is 1. The van der Waals surface area contributed by atoms with Gasteiger partial charge in [0.25, 0.3) is 0 Å². The van der Waals surface area contributed by atoms with Crippen molar-refractivity contribution in [2.24, 2.45) is 0 Å². The Morgan fingerprint density at radius 1 is 1.22 bits per heavy atom. The van der Waals surface area contributed by atoms with Gasteiger partial charge in [0.05, 0.1) is 10.6 Å². The van der Waals surface area contributed by atoms with E-state index in [1.165, 1.54) is 0 Å². The van der Waals surface area contributed by atoms with Crippen LogP contribution in [0.15, 0.2) is 29.2 Å². The highest BCUT2D eigenvalue weighted by Gasteiger charge is 2.14. The highest BCUT2D eigenvalue weighted by Crippen LogP contribution is 2.24. The summed E-state index contributed by atoms with van der Waals surface area (Å²) in [5.74, 6) is 3.18. The quantitative estimate of drug-likeness (QED) is 0.738. The summed E-state index contributed by atoms with van der Waals surface area (Å²) < 4.78 is 23.8. The highest BCUT2D eigenvalue weighted by atomic mass is 32.2. The Morgan fingerprint density at radius 2 is 1.83 bits per heavy atom. The average molecular weight is 264 g/mol. The summed E-state index contributed by atoms with van der Waals surface area (Å²) in [7, 11) is -3.11. The van der Waals surface area contributed by atoms with E-state index in [2.05, 4.69) is 12.8 Å². The van der Waals surface area contributed by atoms with E-state index in [0.29, 0.717) is 23.7 Å². The van der Waals surface area contributed by atoms with Gasteiger partial charge in [-0.25, -0.2) is 8.42 Å². The molecule has 1 aromatic rings. The Labute approximate surface area is 110 Å². The molecule has 1 rings (SSSR count). The van der Waals surface area contributed by atoms with Gasteiger partial charge in [0, 0.05) is 6.42 Å². The molecule has 3 heteroatoms. The Hall–Kier alpha value is -1.27. The van der Waals surface area contributed by atoms with Crippen LogP contribution in [0.2, 0.25) is 0 Å². The first-order valence-corrected chi connectivity index (χ1v) is 7.96. The molecule has 0 N–H and O–H groups in total. The van der Waals surface area contributed by atoms with Crippen molar-refractivity contribution in [3.63, 3.8) is 0 Å². The minimum atomic E-state index is -3.11. The summed E-state index contributed by atoms with van der Waals surface area (Å²) in [6.45, 7) is 3.95. The first kappa shape index (κ1) is 14.8. The summed E-state index contributed by atoms with van der Waals surface area (Å²) in [5, 5.41) is 0. The van der Waals surface area contributed by atoms with Crippen molar-refractivity contribution in [2.45, 2.75) is 43.9 Å². The van der Waals surface area contributed by atoms with Crippen LogP contribution in [-0.4, -0.2) is 14.2 Å². The molecule has 0 aliphatic rings. The summed E-state index contributed by atoms with van der Waals surface area (Å²) in [6, 6.07) is 7.15. The number of hydrogen-bond acceptors (Lipinski definition) is 2. The largest absolute Gasteiger partial charge is 0.224 e. The molecule has 2 nitrogen and oxygen atoms in total. The summed E-state index contributed by atoms with van der Waals surface area (Å²) in [6.07, 6.45) is 7.63. The van der Waals surface area contributed by atoms with Crippen LogP contribution in [0, 0.1) is 12.3 Å². The molecule has 1 atom stereocenters. The maximum Gasteiger partial charge on any atom is 0.178 e. The fraction of sp³-hybridized carbons (Fsp3) is 0.467. The second-order valence-corrected chi connectivity index (χ2v) is 6.51. The van der Waals surface area contributed by atoms with E-state index in [-0.39, 0.29) is 5.75 Å². The molecule has 0 aliphatic carbocycles.